The van der Waals surface area contributed by atoms with E-state index in [1.807, 2.05) is 6.92 Å². The fraction of sp³-hybridized carbons (Fsp3) is 0.588. The molecule has 2 rings (SSSR count). The predicted octanol–water partition coefficient (Wildman–Crippen LogP) is 1.66. The van der Waals surface area contributed by atoms with Crippen LogP contribution in [-0.2, 0) is 10.0 Å². The summed E-state index contributed by atoms with van der Waals surface area (Å²) in [5.74, 6) is 1.64. The molecule has 1 aliphatic rings. The summed E-state index contributed by atoms with van der Waals surface area (Å²) in [5, 5.41) is 3.30. The molecule has 0 spiro atoms. The quantitative estimate of drug-likeness (QED) is 0.464. The van der Waals surface area contributed by atoms with Gasteiger partial charge in [0.25, 0.3) is 0 Å². The van der Waals surface area contributed by atoms with Crippen LogP contribution < -0.4 is 10.0 Å². The van der Waals surface area contributed by atoms with E-state index in [-0.39, 0.29) is 11.4 Å². The monoisotopic (exact) mass is 352 g/mol. The molecule has 6 nitrogen and oxygen atoms in total. The first-order valence-corrected chi connectivity index (χ1v) is 10.1. The largest absolute Gasteiger partial charge is 0.357 e. The van der Waals surface area contributed by atoms with Crippen LogP contribution in [0.15, 0.2) is 40.2 Å². The molecule has 0 saturated carbocycles. The Morgan fingerprint density at radius 2 is 1.92 bits per heavy atom. The highest BCUT2D eigenvalue weighted by molar-refractivity contribution is 7.89. The lowest BCUT2D eigenvalue weighted by Gasteiger charge is -2.33. The van der Waals surface area contributed by atoms with Crippen molar-refractivity contribution in [3.05, 3.63) is 30.3 Å². The molecule has 0 bridgehead atoms. The third-order valence-corrected chi connectivity index (χ3v) is 5.61. The molecule has 1 aromatic carbocycles. The van der Waals surface area contributed by atoms with Crippen LogP contribution in [0.5, 0.6) is 0 Å². The first-order valence-electron chi connectivity index (χ1n) is 8.61. The molecule has 1 aromatic rings. The number of hydrogen-bond acceptors (Lipinski definition) is 3. The van der Waals surface area contributed by atoms with E-state index in [0.29, 0.717) is 6.54 Å². The Morgan fingerprint density at radius 3 is 2.54 bits per heavy atom. The van der Waals surface area contributed by atoms with Crippen molar-refractivity contribution in [1.29, 1.82) is 0 Å². The average Bonchev–Trinajstić information content (AvgIpc) is 2.59. The molecule has 0 unspecified atom stereocenters. The number of guanidine groups is 1. The van der Waals surface area contributed by atoms with Gasteiger partial charge in [0.15, 0.2) is 5.96 Å². The lowest BCUT2D eigenvalue weighted by Crippen LogP contribution is -2.45. The number of likely N-dealkylation sites (tertiary alicyclic amines) is 1. The van der Waals surface area contributed by atoms with Crippen LogP contribution >= 0.6 is 0 Å². The zero-order valence-electron chi connectivity index (χ0n) is 14.5. The lowest BCUT2D eigenvalue weighted by atomic mass is 10.00. The number of benzene rings is 1. The fourth-order valence-corrected chi connectivity index (χ4v) is 3.71. The van der Waals surface area contributed by atoms with Crippen LogP contribution in [-0.4, -0.2) is 52.0 Å². The van der Waals surface area contributed by atoms with E-state index in [1.165, 1.54) is 12.8 Å². The van der Waals surface area contributed by atoms with Crippen molar-refractivity contribution in [2.75, 3.05) is 32.7 Å². The molecule has 1 heterocycles. The molecule has 1 fully saturated rings. The third kappa shape index (κ3) is 5.49. The van der Waals surface area contributed by atoms with Crippen molar-refractivity contribution in [3.8, 4) is 0 Å². The van der Waals surface area contributed by atoms with E-state index in [0.717, 1.165) is 31.5 Å². The molecule has 0 atom stereocenters. The number of piperidine rings is 1. The number of nitrogens with zero attached hydrogens (tertiary/aromatic N) is 2. The van der Waals surface area contributed by atoms with Gasteiger partial charge in [-0.1, -0.05) is 25.1 Å². The second-order valence-corrected chi connectivity index (χ2v) is 7.88. The zero-order valence-corrected chi connectivity index (χ0v) is 15.3. The van der Waals surface area contributed by atoms with E-state index >= 15 is 0 Å². The number of rotatable bonds is 6. The van der Waals surface area contributed by atoms with E-state index < -0.39 is 10.0 Å². The molecule has 2 N–H and O–H groups in total. The van der Waals surface area contributed by atoms with Gasteiger partial charge in [-0.2, -0.15) is 0 Å². The molecule has 0 aliphatic carbocycles. The van der Waals surface area contributed by atoms with Crippen molar-refractivity contribution in [2.24, 2.45) is 10.9 Å². The van der Waals surface area contributed by atoms with E-state index in [2.05, 4.69) is 26.9 Å². The topological polar surface area (TPSA) is 73.8 Å². The van der Waals surface area contributed by atoms with Gasteiger partial charge in [-0.15, -0.1) is 0 Å². The van der Waals surface area contributed by atoms with Gasteiger partial charge in [0.05, 0.1) is 11.4 Å². The minimum absolute atomic E-state index is 0.283. The molecule has 24 heavy (non-hydrogen) atoms. The number of aliphatic imine (C=N–C) groups is 1. The van der Waals surface area contributed by atoms with Crippen LogP contribution in [0, 0.1) is 5.92 Å². The molecule has 1 saturated heterocycles. The van der Waals surface area contributed by atoms with Gasteiger partial charge in [0.2, 0.25) is 10.0 Å². The highest BCUT2D eigenvalue weighted by Gasteiger charge is 2.18. The lowest BCUT2D eigenvalue weighted by molar-refractivity contribution is 0.273. The Kier molecular flexibility index (Phi) is 7.05. The van der Waals surface area contributed by atoms with Crippen molar-refractivity contribution in [1.82, 2.24) is 14.9 Å². The van der Waals surface area contributed by atoms with Crippen LogP contribution in [0.1, 0.15) is 26.7 Å². The molecule has 1 aliphatic heterocycles. The second kappa shape index (κ2) is 9.03. The zero-order chi connectivity index (χ0) is 17.4. The highest BCUT2D eigenvalue weighted by Crippen LogP contribution is 2.15. The Hall–Kier alpha value is -1.60. The van der Waals surface area contributed by atoms with Crippen LogP contribution in [0.4, 0.5) is 0 Å². The summed E-state index contributed by atoms with van der Waals surface area (Å²) in [6.07, 6.45) is 2.34. The standard InChI is InChI=1S/C17H28N4O2S/c1-3-18-17(21-13-9-15(2)10-14-21)19-11-12-20-24(22,23)16-7-5-4-6-8-16/h4-8,15,20H,3,9-14H2,1-2H3,(H,18,19). The maximum Gasteiger partial charge on any atom is 0.240 e. The fourth-order valence-electron chi connectivity index (χ4n) is 2.67. The smallest absolute Gasteiger partial charge is 0.240 e. The first kappa shape index (κ1) is 18.7. The van der Waals surface area contributed by atoms with Gasteiger partial charge in [-0.05, 0) is 37.8 Å². The van der Waals surface area contributed by atoms with Crippen LogP contribution in [0.2, 0.25) is 0 Å². The number of nitrogens with one attached hydrogen (secondary N) is 2. The minimum Gasteiger partial charge on any atom is -0.357 e. The second-order valence-electron chi connectivity index (χ2n) is 6.12. The summed E-state index contributed by atoms with van der Waals surface area (Å²) < 4.78 is 26.9. The summed E-state index contributed by atoms with van der Waals surface area (Å²) >= 11 is 0. The molecule has 0 amide bonds. The van der Waals surface area contributed by atoms with E-state index in [4.69, 9.17) is 0 Å². The summed E-state index contributed by atoms with van der Waals surface area (Å²) in [6, 6.07) is 8.40. The Balaban J connectivity index is 1.88. The van der Waals surface area contributed by atoms with Crippen molar-refractivity contribution < 1.29 is 8.42 Å². The predicted molar refractivity (Wildman–Crippen MR) is 97.6 cm³/mol. The van der Waals surface area contributed by atoms with Crippen LogP contribution in [0.3, 0.4) is 0 Å². The normalized spacial score (nSPS) is 17.1. The number of hydrogen-bond donors (Lipinski definition) is 2. The highest BCUT2D eigenvalue weighted by atomic mass is 32.2. The summed E-state index contributed by atoms with van der Waals surface area (Å²) in [4.78, 5) is 7.11. The molecular weight excluding hydrogens is 324 g/mol. The molecule has 134 valence electrons. The Bertz CT molecular complexity index is 623. The first-order chi connectivity index (χ1) is 11.5. The van der Waals surface area contributed by atoms with Gasteiger partial charge in [0.1, 0.15) is 0 Å². The summed E-state index contributed by atoms with van der Waals surface area (Å²) in [5.41, 5.74) is 0. The maximum absolute atomic E-state index is 12.2. The molecule has 7 heteroatoms. The molecule has 0 radical (unpaired) electrons. The summed E-state index contributed by atoms with van der Waals surface area (Å²) in [6.45, 7) is 7.84. The van der Waals surface area contributed by atoms with Crippen molar-refractivity contribution >= 4 is 16.0 Å². The third-order valence-electron chi connectivity index (χ3n) is 4.14. The molecular formula is C17H28N4O2S. The van der Waals surface area contributed by atoms with E-state index in [9.17, 15) is 8.42 Å². The van der Waals surface area contributed by atoms with E-state index in [1.54, 1.807) is 30.3 Å². The van der Waals surface area contributed by atoms with Crippen molar-refractivity contribution in [2.45, 2.75) is 31.6 Å². The van der Waals surface area contributed by atoms with Gasteiger partial charge < -0.3 is 10.2 Å². The van der Waals surface area contributed by atoms with Gasteiger partial charge >= 0.3 is 0 Å². The number of sulfonamides is 1. The maximum atomic E-state index is 12.2. The van der Waals surface area contributed by atoms with Gasteiger partial charge in [0, 0.05) is 26.2 Å². The Morgan fingerprint density at radius 1 is 1.25 bits per heavy atom. The van der Waals surface area contributed by atoms with Gasteiger partial charge in [-0.25, -0.2) is 13.1 Å². The van der Waals surface area contributed by atoms with Crippen LogP contribution in [0.25, 0.3) is 0 Å². The average molecular weight is 353 g/mol. The van der Waals surface area contributed by atoms with Gasteiger partial charge in [-0.3, -0.25) is 4.99 Å². The Labute approximate surface area is 145 Å². The minimum atomic E-state index is -3.46. The molecule has 0 aromatic heterocycles. The van der Waals surface area contributed by atoms with Crippen molar-refractivity contribution in [3.63, 3.8) is 0 Å². The summed E-state index contributed by atoms with van der Waals surface area (Å²) in [7, 11) is -3.46. The SMILES string of the molecule is CCNC(=NCCNS(=O)(=O)c1ccccc1)N1CCC(C)CC1.